The summed E-state index contributed by atoms with van der Waals surface area (Å²) in [6, 6.07) is 0.695. The Labute approximate surface area is 110 Å². The fourth-order valence-electron chi connectivity index (χ4n) is 3.17. The summed E-state index contributed by atoms with van der Waals surface area (Å²) < 4.78 is 5.44. The van der Waals surface area contributed by atoms with Gasteiger partial charge in [0.15, 0.2) is 0 Å². The Hall–Kier alpha value is -0.770. The zero-order chi connectivity index (χ0) is 13.5. The Balaban J connectivity index is 1.87. The van der Waals surface area contributed by atoms with E-state index in [9.17, 15) is 4.79 Å². The smallest absolute Gasteiger partial charge is 0.410 e. The van der Waals surface area contributed by atoms with Crippen molar-refractivity contribution in [3.8, 4) is 0 Å². The molecule has 104 valence electrons. The maximum Gasteiger partial charge on any atom is 0.410 e. The van der Waals surface area contributed by atoms with Gasteiger partial charge in [0, 0.05) is 19.1 Å². The second kappa shape index (κ2) is 4.72. The van der Waals surface area contributed by atoms with Gasteiger partial charge in [-0.25, -0.2) is 4.79 Å². The average Bonchev–Trinajstić information content (AvgIpc) is 2.69. The molecule has 1 heterocycles. The van der Waals surface area contributed by atoms with Crippen molar-refractivity contribution < 1.29 is 9.53 Å². The number of likely N-dealkylation sites (tertiary alicyclic amines) is 1. The van der Waals surface area contributed by atoms with E-state index in [4.69, 9.17) is 4.74 Å². The Bertz CT molecular complexity index is 308. The monoisotopic (exact) mass is 254 g/mol. The van der Waals surface area contributed by atoms with Crippen LogP contribution >= 0.6 is 0 Å². The molecule has 0 spiro atoms. The van der Waals surface area contributed by atoms with E-state index in [1.54, 1.807) is 0 Å². The topological polar surface area (TPSA) is 32.8 Å². The van der Waals surface area contributed by atoms with Gasteiger partial charge >= 0.3 is 6.09 Å². The van der Waals surface area contributed by atoms with Crippen LogP contribution in [0, 0.1) is 11.8 Å². The second-order valence-electron chi connectivity index (χ2n) is 6.99. The molecule has 0 bridgehead atoms. The van der Waals surface area contributed by atoms with Crippen LogP contribution in [0.3, 0.4) is 0 Å². The molecule has 1 amide bonds. The molecule has 2 fully saturated rings. The van der Waals surface area contributed by atoms with Crippen LogP contribution in [0.5, 0.6) is 0 Å². The summed E-state index contributed by atoms with van der Waals surface area (Å²) in [6.07, 6.45) is 2.30. The highest BCUT2D eigenvalue weighted by Gasteiger charge is 2.43. The summed E-state index contributed by atoms with van der Waals surface area (Å²) in [7, 11) is 4.30. The van der Waals surface area contributed by atoms with Crippen LogP contribution in [0.1, 0.15) is 33.6 Å². The van der Waals surface area contributed by atoms with Gasteiger partial charge in [-0.15, -0.1) is 0 Å². The van der Waals surface area contributed by atoms with E-state index < -0.39 is 0 Å². The first-order valence-corrected chi connectivity index (χ1v) is 6.90. The molecule has 3 atom stereocenters. The molecule has 0 aromatic heterocycles. The second-order valence-corrected chi connectivity index (χ2v) is 6.99. The number of hydrogen-bond donors (Lipinski definition) is 0. The number of carbonyl (C=O) groups excluding carboxylic acids is 1. The van der Waals surface area contributed by atoms with E-state index in [0.717, 1.165) is 13.1 Å². The van der Waals surface area contributed by atoms with Crippen molar-refractivity contribution >= 4 is 6.09 Å². The molecule has 1 aliphatic heterocycles. The van der Waals surface area contributed by atoms with Crippen LogP contribution in [0.2, 0.25) is 0 Å². The number of fused-ring (bicyclic) bond motifs is 1. The Morgan fingerprint density at radius 3 is 2.06 bits per heavy atom. The van der Waals surface area contributed by atoms with E-state index in [-0.39, 0.29) is 11.7 Å². The summed E-state index contributed by atoms with van der Waals surface area (Å²) in [5.41, 5.74) is -0.388. The first-order chi connectivity index (χ1) is 8.26. The Morgan fingerprint density at radius 1 is 1.17 bits per heavy atom. The third-order valence-electron chi connectivity index (χ3n) is 4.11. The molecule has 4 nitrogen and oxygen atoms in total. The molecule has 0 radical (unpaired) electrons. The maximum absolute atomic E-state index is 12.0. The average molecular weight is 254 g/mol. The number of amides is 1. The number of carbonyl (C=O) groups is 1. The number of rotatable bonds is 1. The number of ether oxygens (including phenoxy) is 1. The lowest BCUT2D eigenvalue weighted by molar-refractivity contribution is 0.0276. The van der Waals surface area contributed by atoms with E-state index in [0.29, 0.717) is 17.9 Å². The van der Waals surface area contributed by atoms with Crippen molar-refractivity contribution in [1.82, 2.24) is 9.80 Å². The Morgan fingerprint density at radius 2 is 1.67 bits per heavy atom. The first-order valence-electron chi connectivity index (χ1n) is 6.90. The van der Waals surface area contributed by atoms with Crippen molar-refractivity contribution in [2.24, 2.45) is 11.8 Å². The van der Waals surface area contributed by atoms with E-state index >= 15 is 0 Å². The lowest BCUT2D eigenvalue weighted by Crippen LogP contribution is -2.37. The van der Waals surface area contributed by atoms with Gasteiger partial charge in [0.05, 0.1) is 0 Å². The van der Waals surface area contributed by atoms with E-state index in [1.165, 1.54) is 12.8 Å². The van der Waals surface area contributed by atoms with Crippen LogP contribution in [0.15, 0.2) is 0 Å². The van der Waals surface area contributed by atoms with Gasteiger partial charge in [0.2, 0.25) is 0 Å². The Kier molecular flexibility index (Phi) is 3.58. The zero-order valence-electron chi connectivity index (χ0n) is 12.3. The highest BCUT2D eigenvalue weighted by atomic mass is 16.6. The summed E-state index contributed by atoms with van der Waals surface area (Å²) in [6.45, 7) is 7.52. The van der Waals surface area contributed by atoms with Crippen molar-refractivity contribution in [3.63, 3.8) is 0 Å². The molecule has 1 unspecified atom stereocenters. The maximum atomic E-state index is 12.0. The predicted molar refractivity (Wildman–Crippen MR) is 71.5 cm³/mol. The minimum atomic E-state index is -0.388. The molecule has 1 saturated carbocycles. The van der Waals surface area contributed by atoms with Gasteiger partial charge in [-0.05, 0) is 59.5 Å². The lowest BCUT2D eigenvalue weighted by Gasteiger charge is -2.26. The molecule has 0 aromatic rings. The quantitative estimate of drug-likeness (QED) is 0.719. The van der Waals surface area contributed by atoms with Crippen LogP contribution < -0.4 is 0 Å². The number of hydrogen-bond acceptors (Lipinski definition) is 3. The molecule has 2 rings (SSSR count). The van der Waals surface area contributed by atoms with Crippen molar-refractivity contribution in [2.45, 2.75) is 45.3 Å². The summed E-state index contributed by atoms with van der Waals surface area (Å²) in [5, 5.41) is 0. The van der Waals surface area contributed by atoms with Gasteiger partial charge in [-0.3, -0.25) is 0 Å². The standard InChI is InChI=1S/C14H26N2O2/c1-14(2,3)18-13(17)16-8-10-6-12(15(4)5)7-11(10)9-16/h10-12H,6-9H2,1-5H3/t10-,11+,12?. The largest absolute Gasteiger partial charge is 0.444 e. The molecule has 18 heavy (non-hydrogen) atoms. The van der Waals surface area contributed by atoms with Gasteiger partial charge in [0.25, 0.3) is 0 Å². The summed E-state index contributed by atoms with van der Waals surface area (Å²) >= 11 is 0. The van der Waals surface area contributed by atoms with Crippen LogP contribution in [0.4, 0.5) is 4.79 Å². The van der Waals surface area contributed by atoms with Gasteiger partial charge in [0.1, 0.15) is 5.60 Å². The van der Waals surface area contributed by atoms with Gasteiger partial charge in [-0.2, -0.15) is 0 Å². The third-order valence-corrected chi connectivity index (χ3v) is 4.11. The fourth-order valence-corrected chi connectivity index (χ4v) is 3.17. The first kappa shape index (κ1) is 13.7. The van der Waals surface area contributed by atoms with Crippen molar-refractivity contribution in [1.29, 1.82) is 0 Å². The molecule has 2 aliphatic rings. The number of nitrogens with zero attached hydrogens (tertiary/aromatic N) is 2. The fraction of sp³-hybridized carbons (Fsp3) is 0.929. The highest BCUT2D eigenvalue weighted by molar-refractivity contribution is 5.68. The van der Waals surface area contributed by atoms with Crippen LogP contribution in [-0.2, 0) is 4.74 Å². The SMILES string of the molecule is CN(C)C1C[C@@H]2CN(C(=O)OC(C)(C)C)C[C@@H]2C1. The molecule has 1 aliphatic carbocycles. The molecular formula is C14H26N2O2. The minimum Gasteiger partial charge on any atom is -0.444 e. The van der Waals surface area contributed by atoms with E-state index in [2.05, 4.69) is 19.0 Å². The summed E-state index contributed by atoms with van der Waals surface area (Å²) in [4.78, 5) is 16.2. The predicted octanol–water partition coefficient (Wildman–Crippen LogP) is 2.19. The van der Waals surface area contributed by atoms with Gasteiger partial charge in [-0.1, -0.05) is 0 Å². The van der Waals surface area contributed by atoms with Crippen molar-refractivity contribution in [3.05, 3.63) is 0 Å². The molecular weight excluding hydrogens is 228 g/mol. The molecule has 4 heteroatoms. The minimum absolute atomic E-state index is 0.140. The molecule has 1 saturated heterocycles. The van der Waals surface area contributed by atoms with Crippen molar-refractivity contribution in [2.75, 3.05) is 27.2 Å². The lowest BCUT2D eigenvalue weighted by atomic mass is 10.0. The third kappa shape index (κ3) is 2.97. The zero-order valence-corrected chi connectivity index (χ0v) is 12.3. The van der Waals surface area contributed by atoms with Crippen LogP contribution in [-0.4, -0.2) is 54.7 Å². The highest BCUT2D eigenvalue weighted by Crippen LogP contribution is 2.39. The molecule has 0 aromatic carbocycles. The summed E-state index contributed by atoms with van der Waals surface area (Å²) in [5.74, 6) is 1.34. The normalized spacial score (nSPS) is 31.9. The van der Waals surface area contributed by atoms with E-state index in [1.807, 2.05) is 25.7 Å². The molecule has 0 N–H and O–H groups in total. The van der Waals surface area contributed by atoms with Gasteiger partial charge < -0.3 is 14.5 Å². The van der Waals surface area contributed by atoms with Crippen LogP contribution in [0.25, 0.3) is 0 Å².